The first-order valence-electron chi connectivity index (χ1n) is 10.7. The quantitative estimate of drug-likeness (QED) is 0.528. The van der Waals surface area contributed by atoms with Crippen molar-refractivity contribution in [3.8, 4) is 11.1 Å². The number of thiazole rings is 1. The maximum atomic E-state index is 12.5. The van der Waals surface area contributed by atoms with Gasteiger partial charge in [-0.15, -0.1) is 0 Å². The number of pyridine rings is 1. The number of carbonyl (C=O) groups excluding carboxylic acids is 2. The number of rotatable bonds is 5. The van der Waals surface area contributed by atoms with Gasteiger partial charge in [0.05, 0.1) is 21.6 Å². The predicted molar refractivity (Wildman–Crippen MR) is 124 cm³/mol. The van der Waals surface area contributed by atoms with Crippen molar-refractivity contribution in [2.75, 3.05) is 10.6 Å². The zero-order valence-corrected chi connectivity index (χ0v) is 18.6. The van der Waals surface area contributed by atoms with E-state index in [0.717, 1.165) is 52.7 Å². The molecule has 2 amide bonds. The molecule has 2 heterocycles. The van der Waals surface area contributed by atoms with Crippen LogP contribution in [0.3, 0.4) is 0 Å². The fraction of sp³-hybridized carbons (Fsp3) is 0.391. The Morgan fingerprint density at radius 1 is 1.13 bits per heavy atom. The first kappa shape index (κ1) is 21.2. The summed E-state index contributed by atoms with van der Waals surface area (Å²) in [6.07, 6.45) is 7.39. The molecule has 0 aliphatic heterocycles. The van der Waals surface area contributed by atoms with Gasteiger partial charge in [0.2, 0.25) is 5.91 Å². The monoisotopic (exact) mass is 438 g/mol. The van der Waals surface area contributed by atoms with Gasteiger partial charge in [-0.1, -0.05) is 30.7 Å². The number of anilines is 2. The van der Waals surface area contributed by atoms with E-state index in [2.05, 4.69) is 20.6 Å². The van der Waals surface area contributed by atoms with Crippen LogP contribution in [-0.4, -0.2) is 28.1 Å². The topological polar surface area (TPSA) is 93.2 Å². The van der Waals surface area contributed by atoms with Crippen molar-refractivity contribution in [1.29, 1.82) is 0 Å². The number of amides is 2. The molecule has 0 bridgehead atoms. The zero-order chi connectivity index (χ0) is 21.8. The van der Waals surface area contributed by atoms with Crippen LogP contribution < -0.4 is 10.6 Å². The Morgan fingerprint density at radius 2 is 1.94 bits per heavy atom. The van der Waals surface area contributed by atoms with Gasteiger partial charge in [-0.2, -0.15) is 0 Å². The van der Waals surface area contributed by atoms with E-state index < -0.39 is 6.09 Å². The highest BCUT2D eigenvalue weighted by atomic mass is 32.1. The summed E-state index contributed by atoms with van der Waals surface area (Å²) in [5, 5.41) is 6.20. The fourth-order valence-corrected chi connectivity index (χ4v) is 4.77. The summed E-state index contributed by atoms with van der Waals surface area (Å²) < 4.78 is 6.58. The van der Waals surface area contributed by atoms with Gasteiger partial charge in [0.25, 0.3) is 0 Å². The molecule has 0 unspecified atom stereocenters. The summed E-state index contributed by atoms with van der Waals surface area (Å²) in [4.78, 5) is 32.7. The lowest BCUT2D eigenvalue weighted by molar-refractivity contribution is -0.114. The summed E-state index contributed by atoms with van der Waals surface area (Å²) in [5.74, 6) is -0.144. The van der Waals surface area contributed by atoms with Crippen LogP contribution in [0.1, 0.15) is 51.6 Å². The van der Waals surface area contributed by atoms with Crippen LogP contribution in [0.25, 0.3) is 21.3 Å². The van der Waals surface area contributed by atoms with Crippen LogP contribution in [-0.2, 0) is 16.0 Å². The average Bonchev–Trinajstić information content (AvgIpc) is 3.15. The van der Waals surface area contributed by atoms with Gasteiger partial charge < -0.3 is 10.1 Å². The third kappa shape index (κ3) is 5.19. The minimum absolute atomic E-state index is 0.00140. The Bertz CT molecular complexity index is 1110. The van der Waals surface area contributed by atoms with Crippen molar-refractivity contribution in [3.63, 3.8) is 0 Å². The van der Waals surface area contributed by atoms with Gasteiger partial charge in [-0.3, -0.25) is 15.1 Å². The number of benzene rings is 1. The molecule has 0 radical (unpaired) electrons. The van der Waals surface area contributed by atoms with Crippen molar-refractivity contribution < 1.29 is 14.3 Å². The van der Waals surface area contributed by atoms with Gasteiger partial charge in [-0.05, 0) is 55.9 Å². The number of nitrogens with one attached hydrogen (secondary N) is 2. The number of ether oxygens (including phenoxy) is 1. The minimum atomic E-state index is -0.418. The molecule has 1 saturated carbocycles. The van der Waals surface area contributed by atoms with Crippen molar-refractivity contribution in [1.82, 2.24) is 9.97 Å². The molecule has 1 aliphatic rings. The highest BCUT2D eigenvalue weighted by molar-refractivity contribution is 7.22. The van der Waals surface area contributed by atoms with Gasteiger partial charge in [0, 0.05) is 18.7 Å². The van der Waals surface area contributed by atoms with Gasteiger partial charge in [-0.25, -0.2) is 9.78 Å². The summed E-state index contributed by atoms with van der Waals surface area (Å²) >= 11 is 1.42. The van der Waals surface area contributed by atoms with Crippen molar-refractivity contribution >= 4 is 44.4 Å². The number of nitrogens with zero attached hydrogens (tertiary/aromatic N) is 2. The maximum absolute atomic E-state index is 12.5. The predicted octanol–water partition coefficient (Wildman–Crippen LogP) is 5.76. The Balaban J connectivity index is 1.56. The van der Waals surface area contributed by atoms with Crippen molar-refractivity contribution in [2.24, 2.45) is 0 Å². The SMILES string of the molecule is CCc1ncc(-c2ccc3nc(NC(C)=O)sc3c2)cc1NC(=O)OC1CCCCC1. The Kier molecular flexibility index (Phi) is 6.46. The largest absolute Gasteiger partial charge is 0.446 e. The number of aryl methyl sites for hydroxylation is 1. The highest BCUT2D eigenvalue weighted by Gasteiger charge is 2.19. The normalized spacial score (nSPS) is 14.4. The summed E-state index contributed by atoms with van der Waals surface area (Å²) in [6, 6.07) is 7.84. The fourth-order valence-electron chi connectivity index (χ4n) is 3.82. The van der Waals surface area contributed by atoms with E-state index >= 15 is 0 Å². The highest BCUT2D eigenvalue weighted by Crippen LogP contribution is 2.32. The minimum Gasteiger partial charge on any atom is -0.446 e. The van der Waals surface area contributed by atoms with E-state index in [-0.39, 0.29) is 12.0 Å². The Hall–Kier alpha value is -3.00. The van der Waals surface area contributed by atoms with E-state index in [0.29, 0.717) is 17.2 Å². The molecule has 1 aromatic carbocycles. The van der Waals surface area contributed by atoms with Crippen LogP contribution in [0.4, 0.5) is 15.6 Å². The molecular formula is C23H26N4O3S. The van der Waals surface area contributed by atoms with Crippen LogP contribution in [0, 0.1) is 0 Å². The van der Waals surface area contributed by atoms with Crippen LogP contribution >= 0.6 is 11.3 Å². The molecular weight excluding hydrogens is 412 g/mol. The molecule has 1 aliphatic carbocycles. The third-order valence-corrected chi connectivity index (χ3v) is 6.31. The molecule has 0 atom stereocenters. The number of aromatic nitrogens is 2. The molecule has 8 heteroatoms. The van der Waals surface area contributed by atoms with Crippen LogP contribution in [0.15, 0.2) is 30.5 Å². The summed E-state index contributed by atoms with van der Waals surface area (Å²) in [6.45, 7) is 3.47. The second-order valence-corrected chi connectivity index (χ2v) is 8.78. The molecule has 7 nitrogen and oxygen atoms in total. The number of fused-ring (bicyclic) bond motifs is 1. The Labute approximate surface area is 185 Å². The zero-order valence-electron chi connectivity index (χ0n) is 17.7. The second-order valence-electron chi connectivity index (χ2n) is 7.74. The third-order valence-electron chi connectivity index (χ3n) is 5.37. The molecule has 2 N–H and O–H groups in total. The molecule has 4 rings (SSSR count). The molecule has 31 heavy (non-hydrogen) atoms. The first-order chi connectivity index (χ1) is 15.0. The van der Waals surface area contributed by atoms with Gasteiger partial charge >= 0.3 is 6.09 Å². The molecule has 3 aromatic rings. The molecule has 0 spiro atoms. The van der Waals surface area contributed by atoms with Gasteiger partial charge in [0.1, 0.15) is 6.10 Å². The van der Waals surface area contributed by atoms with E-state index in [1.165, 1.54) is 24.7 Å². The standard InChI is InChI=1S/C23H26N4O3S/c1-3-18-20(27-23(29)30-17-7-5-4-6-8-17)11-16(13-24-18)15-9-10-19-21(12-15)31-22(26-19)25-14(2)28/h9-13,17H,3-8H2,1-2H3,(H,27,29)(H,25,26,28). The lowest BCUT2D eigenvalue weighted by Crippen LogP contribution is -2.24. The van der Waals surface area contributed by atoms with Gasteiger partial charge in [0.15, 0.2) is 5.13 Å². The molecule has 0 saturated heterocycles. The van der Waals surface area contributed by atoms with E-state index in [9.17, 15) is 9.59 Å². The van der Waals surface area contributed by atoms with Crippen LogP contribution in [0.5, 0.6) is 0 Å². The smallest absolute Gasteiger partial charge is 0.411 e. The van der Waals surface area contributed by atoms with E-state index in [4.69, 9.17) is 4.74 Å². The van der Waals surface area contributed by atoms with Crippen molar-refractivity contribution in [3.05, 3.63) is 36.2 Å². The second kappa shape index (κ2) is 9.43. The van der Waals surface area contributed by atoms with Crippen LogP contribution in [0.2, 0.25) is 0 Å². The lowest BCUT2D eigenvalue weighted by Gasteiger charge is -2.22. The first-order valence-corrected chi connectivity index (χ1v) is 11.5. The average molecular weight is 439 g/mol. The molecule has 2 aromatic heterocycles. The lowest BCUT2D eigenvalue weighted by atomic mass is 9.98. The Morgan fingerprint density at radius 3 is 2.68 bits per heavy atom. The number of hydrogen-bond donors (Lipinski definition) is 2. The number of hydrogen-bond acceptors (Lipinski definition) is 6. The maximum Gasteiger partial charge on any atom is 0.411 e. The molecule has 1 fully saturated rings. The van der Waals surface area contributed by atoms with E-state index in [1.54, 1.807) is 0 Å². The van der Waals surface area contributed by atoms with E-state index in [1.807, 2.05) is 37.4 Å². The summed E-state index contributed by atoms with van der Waals surface area (Å²) in [7, 11) is 0. The van der Waals surface area contributed by atoms with Crippen molar-refractivity contribution in [2.45, 2.75) is 58.5 Å². The number of carbonyl (C=O) groups is 2. The summed E-state index contributed by atoms with van der Waals surface area (Å²) in [5.41, 5.74) is 4.16. The molecule has 162 valence electrons.